The van der Waals surface area contributed by atoms with Gasteiger partial charge in [-0.3, -0.25) is 4.79 Å². The summed E-state index contributed by atoms with van der Waals surface area (Å²) >= 11 is 2.00. The van der Waals surface area contributed by atoms with Crippen molar-refractivity contribution < 1.29 is 9.18 Å². The van der Waals surface area contributed by atoms with Crippen LogP contribution in [0.15, 0.2) is 30.5 Å². The van der Waals surface area contributed by atoms with Gasteiger partial charge in [-0.25, -0.2) is 14.4 Å². The van der Waals surface area contributed by atoms with E-state index in [1.54, 1.807) is 0 Å². The first-order chi connectivity index (χ1) is 13.6. The number of rotatable bonds is 1. The summed E-state index contributed by atoms with van der Waals surface area (Å²) in [5, 5.41) is 3.70. The summed E-state index contributed by atoms with van der Waals surface area (Å²) in [5.41, 5.74) is 8.28. The van der Waals surface area contributed by atoms with E-state index in [0.717, 1.165) is 30.7 Å². The van der Waals surface area contributed by atoms with Gasteiger partial charge in [-0.1, -0.05) is 12.1 Å². The van der Waals surface area contributed by atoms with E-state index in [1.807, 2.05) is 23.9 Å². The molecule has 0 spiro atoms. The third-order valence-electron chi connectivity index (χ3n) is 6.59. The highest BCUT2D eigenvalue weighted by atomic mass is 32.2. The lowest BCUT2D eigenvalue weighted by molar-refractivity contribution is -0.125. The Morgan fingerprint density at radius 2 is 2.18 bits per heavy atom. The molecule has 0 radical (unpaired) electrons. The number of benzene rings is 1. The summed E-state index contributed by atoms with van der Waals surface area (Å²) in [6.45, 7) is 0. The third kappa shape index (κ3) is 3.15. The lowest BCUT2D eigenvalue weighted by Crippen LogP contribution is -2.39. The fourth-order valence-corrected chi connectivity index (χ4v) is 7.03. The van der Waals surface area contributed by atoms with E-state index in [1.165, 1.54) is 11.8 Å². The number of thioether (sulfide) groups is 1. The number of amides is 1. The van der Waals surface area contributed by atoms with Crippen LogP contribution in [0, 0.1) is 29.5 Å². The molecule has 5 atom stereocenters. The normalized spacial score (nSPS) is 31.1. The second-order valence-electron chi connectivity index (χ2n) is 8.16. The Bertz CT molecular complexity index is 923. The van der Waals surface area contributed by atoms with Crippen LogP contribution < -0.4 is 11.1 Å². The van der Waals surface area contributed by atoms with E-state index in [4.69, 9.17) is 5.73 Å². The molecule has 2 saturated carbocycles. The van der Waals surface area contributed by atoms with E-state index < -0.39 is 5.82 Å². The number of halogens is 1. The predicted octanol–water partition coefficient (Wildman–Crippen LogP) is 3.32. The number of hydrogen-bond donors (Lipinski definition) is 2. The zero-order valence-corrected chi connectivity index (χ0v) is 16.3. The SMILES string of the molecule is NC(=O)C1C2CC3SCCc4cccc(c4)Nc4ncc(F)c(n4)CC1C3C2. The van der Waals surface area contributed by atoms with E-state index in [2.05, 4.69) is 27.4 Å². The molecule has 28 heavy (non-hydrogen) atoms. The Balaban J connectivity index is 1.54. The van der Waals surface area contributed by atoms with Crippen molar-refractivity contribution in [3.05, 3.63) is 47.5 Å². The summed E-state index contributed by atoms with van der Waals surface area (Å²) in [4.78, 5) is 20.7. The minimum absolute atomic E-state index is 0.0618. The van der Waals surface area contributed by atoms with Gasteiger partial charge >= 0.3 is 0 Å². The number of anilines is 2. The highest BCUT2D eigenvalue weighted by molar-refractivity contribution is 7.99. The molecule has 146 valence electrons. The van der Waals surface area contributed by atoms with Crippen LogP contribution in [0.2, 0.25) is 0 Å². The van der Waals surface area contributed by atoms with Crippen molar-refractivity contribution in [1.29, 1.82) is 0 Å². The Morgan fingerprint density at radius 1 is 1.29 bits per heavy atom. The number of aryl methyl sites for hydroxylation is 1. The van der Waals surface area contributed by atoms with Gasteiger partial charge in [0.15, 0.2) is 5.82 Å². The average molecular weight is 399 g/mol. The largest absolute Gasteiger partial charge is 0.369 e. The standard InChI is InChI=1S/C21H23FN4OS/c22-16-10-24-21-25-13-3-1-2-11(6-13)4-5-28-18-8-12-7-14(18)15(9-17(16)26-21)19(12)20(23)27/h1-3,6,10,12,14-15,18-19H,4-5,7-9H2,(H2,23,27)(H,24,25,26). The van der Waals surface area contributed by atoms with Crippen molar-refractivity contribution in [2.75, 3.05) is 11.1 Å². The molecule has 5 rings (SSSR count). The molecule has 6 bridgehead atoms. The molecule has 1 aliphatic heterocycles. The minimum atomic E-state index is -0.415. The number of carbonyl (C=O) groups excluding carboxylic acids is 1. The molecule has 2 heterocycles. The summed E-state index contributed by atoms with van der Waals surface area (Å²) in [6, 6.07) is 8.21. The van der Waals surface area contributed by atoms with E-state index in [-0.39, 0.29) is 17.7 Å². The summed E-state index contributed by atoms with van der Waals surface area (Å²) in [7, 11) is 0. The maximum absolute atomic E-state index is 14.5. The van der Waals surface area contributed by atoms with Gasteiger partial charge in [0.25, 0.3) is 0 Å². The van der Waals surface area contributed by atoms with Gasteiger partial charge in [0.1, 0.15) is 0 Å². The van der Waals surface area contributed by atoms with E-state index >= 15 is 0 Å². The van der Waals surface area contributed by atoms with Crippen LogP contribution in [0.1, 0.15) is 24.1 Å². The summed E-state index contributed by atoms with van der Waals surface area (Å²) in [6.07, 6.45) is 4.71. The first-order valence-corrected chi connectivity index (χ1v) is 10.9. The number of carbonyl (C=O) groups is 1. The fourth-order valence-electron chi connectivity index (χ4n) is 5.43. The van der Waals surface area contributed by atoms with Crippen LogP contribution in [0.5, 0.6) is 0 Å². The molecule has 5 unspecified atom stereocenters. The quantitative estimate of drug-likeness (QED) is 0.770. The van der Waals surface area contributed by atoms with Crippen molar-refractivity contribution in [3.63, 3.8) is 0 Å². The van der Waals surface area contributed by atoms with Crippen molar-refractivity contribution in [3.8, 4) is 0 Å². The Kier molecular flexibility index (Phi) is 4.50. The van der Waals surface area contributed by atoms with Crippen LogP contribution in [0.25, 0.3) is 0 Å². The smallest absolute Gasteiger partial charge is 0.227 e. The lowest BCUT2D eigenvalue weighted by Gasteiger charge is -2.34. The highest BCUT2D eigenvalue weighted by Crippen LogP contribution is 2.56. The van der Waals surface area contributed by atoms with Gasteiger partial charge in [0, 0.05) is 16.9 Å². The molecule has 7 heteroatoms. The van der Waals surface area contributed by atoms with Gasteiger partial charge in [0.05, 0.1) is 11.9 Å². The first-order valence-electron chi connectivity index (χ1n) is 9.87. The second kappa shape index (κ2) is 7.03. The van der Waals surface area contributed by atoms with Crippen LogP contribution >= 0.6 is 11.8 Å². The molecule has 5 nitrogen and oxygen atoms in total. The van der Waals surface area contributed by atoms with Gasteiger partial charge in [0.2, 0.25) is 11.9 Å². The number of primary amides is 1. The molecular formula is C21H23FN4OS. The number of nitrogens with two attached hydrogens (primary N) is 1. The molecule has 3 aliphatic rings. The summed E-state index contributed by atoms with van der Waals surface area (Å²) in [5.74, 6) is 1.37. The molecule has 2 aromatic rings. The highest BCUT2D eigenvalue weighted by Gasteiger charge is 2.54. The molecule has 1 amide bonds. The van der Waals surface area contributed by atoms with Gasteiger partial charge in [-0.2, -0.15) is 11.8 Å². The molecular weight excluding hydrogens is 375 g/mol. The van der Waals surface area contributed by atoms with Crippen molar-refractivity contribution >= 4 is 29.3 Å². The Hall–Kier alpha value is -2.15. The topological polar surface area (TPSA) is 80.9 Å². The molecule has 2 aliphatic carbocycles. The lowest BCUT2D eigenvalue weighted by atomic mass is 9.76. The minimum Gasteiger partial charge on any atom is -0.369 e. The van der Waals surface area contributed by atoms with E-state index in [0.29, 0.717) is 35.1 Å². The average Bonchev–Trinajstić information content (AvgIpc) is 3.22. The number of fused-ring (bicyclic) bond motifs is 5. The molecule has 1 aromatic heterocycles. The van der Waals surface area contributed by atoms with Crippen molar-refractivity contribution in [2.24, 2.45) is 29.4 Å². The predicted molar refractivity (Wildman–Crippen MR) is 108 cm³/mol. The zero-order chi connectivity index (χ0) is 19.3. The zero-order valence-electron chi connectivity index (χ0n) is 15.5. The Labute approximate surface area is 167 Å². The number of nitrogens with zero attached hydrogens (tertiary/aromatic N) is 2. The second-order valence-corrected chi connectivity index (χ2v) is 9.51. The van der Waals surface area contributed by atoms with E-state index in [9.17, 15) is 9.18 Å². The van der Waals surface area contributed by atoms with Crippen LogP contribution in [-0.4, -0.2) is 26.9 Å². The molecule has 3 N–H and O–H groups in total. The van der Waals surface area contributed by atoms with Crippen molar-refractivity contribution in [1.82, 2.24) is 9.97 Å². The van der Waals surface area contributed by atoms with Gasteiger partial charge in [-0.05, 0) is 66.9 Å². The molecule has 0 saturated heterocycles. The third-order valence-corrected chi connectivity index (χ3v) is 8.00. The van der Waals surface area contributed by atoms with Gasteiger partial charge < -0.3 is 11.1 Å². The van der Waals surface area contributed by atoms with Gasteiger partial charge in [-0.15, -0.1) is 0 Å². The Morgan fingerprint density at radius 3 is 3.04 bits per heavy atom. The maximum atomic E-state index is 14.5. The number of aromatic nitrogens is 2. The van der Waals surface area contributed by atoms with Crippen LogP contribution in [-0.2, 0) is 17.6 Å². The number of nitrogens with one attached hydrogen (secondary N) is 1. The molecule has 1 aromatic carbocycles. The number of hydrogen-bond acceptors (Lipinski definition) is 5. The van der Waals surface area contributed by atoms with Crippen molar-refractivity contribution in [2.45, 2.75) is 30.9 Å². The van der Waals surface area contributed by atoms with Crippen LogP contribution in [0.3, 0.4) is 0 Å². The first kappa shape index (κ1) is 17.9. The maximum Gasteiger partial charge on any atom is 0.227 e. The fraction of sp³-hybridized carbons (Fsp3) is 0.476. The molecule has 2 fully saturated rings. The monoisotopic (exact) mass is 398 g/mol. The summed E-state index contributed by atoms with van der Waals surface area (Å²) < 4.78 is 14.5. The van der Waals surface area contributed by atoms with Crippen LogP contribution in [0.4, 0.5) is 16.0 Å².